The van der Waals surface area contributed by atoms with Crippen molar-refractivity contribution in [2.75, 3.05) is 26.2 Å². The van der Waals surface area contributed by atoms with Crippen LogP contribution in [0.2, 0.25) is 5.02 Å². The largest absolute Gasteiger partial charge is 0.339 e. The number of rotatable bonds is 1. The summed E-state index contributed by atoms with van der Waals surface area (Å²) in [4.78, 5) is 14.3. The van der Waals surface area contributed by atoms with Crippen molar-refractivity contribution >= 4 is 17.5 Å². The summed E-state index contributed by atoms with van der Waals surface area (Å²) in [6.07, 6.45) is 4.50. The number of carbonyl (C=O) groups is 1. The Morgan fingerprint density at radius 2 is 1.86 bits per heavy atom. The van der Waals surface area contributed by atoms with Crippen molar-refractivity contribution in [2.45, 2.75) is 25.7 Å². The van der Waals surface area contributed by atoms with Gasteiger partial charge in [0.15, 0.2) is 0 Å². The molecular weight excluding hydrogens is 291 g/mol. The fraction of sp³-hybridized carbons (Fsp3) is 0.562. The lowest BCUT2D eigenvalue weighted by Crippen LogP contribution is -2.47. The van der Waals surface area contributed by atoms with Crippen molar-refractivity contribution in [2.24, 2.45) is 5.41 Å². The van der Waals surface area contributed by atoms with Crippen LogP contribution in [0.4, 0.5) is 4.39 Å². The molecule has 2 heterocycles. The van der Waals surface area contributed by atoms with Crippen LogP contribution in [0.1, 0.15) is 36.0 Å². The quantitative estimate of drug-likeness (QED) is 0.864. The lowest BCUT2D eigenvalue weighted by Gasteiger charge is -2.44. The minimum atomic E-state index is -0.533. The van der Waals surface area contributed by atoms with Crippen LogP contribution in [0.25, 0.3) is 0 Å². The Morgan fingerprint density at radius 1 is 1.19 bits per heavy atom. The average molecular weight is 311 g/mol. The maximum Gasteiger partial charge on any atom is 0.253 e. The molecule has 0 saturated carbocycles. The second-order valence-corrected chi connectivity index (χ2v) is 6.58. The van der Waals surface area contributed by atoms with Gasteiger partial charge in [-0.05, 0) is 62.4 Å². The Bertz CT molecular complexity index is 533. The van der Waals surface area contributed by atoms with Gasteiger partial charge in [-0.25, -0.2) is 4.39 Å². The van der Waals surface area contributed by atoms with Gasteiger partial charge < -0.3 is 10.2 Å². The van der Waals surface area contributed by atoms with E-state index in [2.05, 4.69) is 5.32 Å². The topological polar surface area (TPSA) is 32.3 Å². The van der Waals surface area contributed by atoms with Crippen LogP contribution in [-0.2, 0) is 0 Å². The van der Waals surface area contributed by atoms with E-state index < -0.39 is 5.82 Å². The van der Waals surface area contributed by atoms with Crippen LogP contribution in [0.15, 0.2) is 18.2 Å². The molecule has 0 bridgehead atoms. The van der Waals surface area contributed by atoms with Crippen molar-refractivity contribution in [3.05, 3.63) is 34.6 Å². The van der Waals surface area contributed by atoms with Crippen LogP contribution >= 0.6 is 11.6 Å². The molecule has 3 rings (SSSR count). The molecule has 0 aliphatic carbocycles. The summed E-state index contributed by atoms with van der Waals surface area (Å²) in [5.74, 6) is -0.622. The van der Waals surface area contributed by atoms with E-state index in [-0.39, 0.29) is 10.9 Å². The predicted molar refractivity (Wildman–Crippen MR) is 81.1 cm³/mol. The molecule has 1 N–H and O–H groups in total. The van der Waals surface area contributed by atoms with Crippen LogP contribution in [-0.4, -0.2) is 37.0 Å². The van der Waals surface area contributed by atoms with Gasteiger partial charge in [0.05, 0.1) is 5.02 Å². The molecule has 1 aromatic rings. The van der Waals surface area contributed by atoms with Gasteiger partial charge in [0, 0.05) is 18.7 Å². The maximum absolute atomic E-state index is 13.5. The highest BCUT2D eigenvalue weighted by Gasteiger charge is 2.36. The summed E-state index contributed by atoms with van der Waals surface area (Å²) in [6.45, 7) is 3.69. The van der Waals surface area contributed by atoms with E-state index in [4.69, 9.17) is 11.6 Å². The molecule has 1 aromatic carbocycles. The number of likely N-dealkylation sites (tertiary alicyclic amines) is 1. The third kappa shape index (κ3) is 3.06. The van der Waals surface area contributed by atoms with E-state index in [1.54, 1.807) is 6.07 Å². The number of hydrogen-bond donors (Lipinski definition) is 1. The van der Waals surface area contributed by atoms with E-state index in [9.17, 15) is 9.18 Å². The summed E-state index contributed by atoms with van der Waals surface area (Å²) < 4.78 is 13.5. The average Bonchev–Trinajstić information content (AvgIpc) is 2.51. The monoisotopic (exact) mass is 310 g/mol. The number of benzene rings is 1. The first-order valence-electron chi connectivity index (χ1n) is 7.55. The lowest BCUT2D eigenvalue weighted by atomic mass is 9.71. The zero-order chi connectivity index (χ0) is 14.9. The zero-order valence-corrected chi connectivity index (χ0v) is 12.8. The first-order valence-corrected chi connectivity index (χ1v) is 7.93. The molecule has 0 atom stereocenters. The van der Waals surface area contributed by atoms with Gasteiger partial charge in [0.25, 0.3) is 5.91 Å². The van der Waals surface area contributed by atoms with Crippen LogP contribution in [0.3, 0.4) is 0 Å². The van der Waals surface area contributed by atoms with Crippen molar-refractivity contribution in [1.29, 1.82) is 0 Å². The number of piperidine rings is 2. The molecule has 21 heavy (non-hydrogen) atoms. The van der Waals surface area contributed by atoms with E-state index in [1.165, 1.54) is 25.0 Å². The zero-order valence-electron chi connectivity index (χ0n) is 12.0. The molecule has 0 radical (unpaired) electrons. The Labute approximate surface area is 129 Å². The standard InChI is InChI=1S/C16H20ClFN2O/c17-13-2-1-12(11-14(13)18)15(21)20-9-5-16(6-10-20)3-7-19-8-4-16/h1-2,11,19H,3-10H2. The van der Waals surface area contributed by atoms with Crippen LogP contribution < -0.4 is 5.32 Å². The van der Waals surface area contributed by atoms with Gasteiger partial charge >= 0.3 is 0 Å². The number of halogens is 2. The lowest BCUT2D eigenvalue weighted by molar-refractivity contribution is 0.0495. The molecule has 5 heteroatoms. The highest BCUT2D eigenvalue weighted by molar-refractivity contribution is 6.30. The number of amides is 1. The molecule has 3 nitrogen and oxygen atoms in total. The SMILES string of the molecule is O=C(c1ccc(Cl)c(F)c1)N1CCC2(CCNCC2)CC1. The van der Waals surface area contributed by atoms with Crippen molar-refractivity contribution < 1.29 is 9.18 Å². The Hall–Kier alpha value is -1.13. The van der Waals surface area contributed by atoms with Crippen molar-refractivity contribution in [3.63, 3.8) is 0 Å². The Morgan fingerprint density at radius 3 is 2.48 bits per heavy atom. The smallest absolute Gasteiger partial charge is 0.253 e. The molecule has 2 aliphatic rings. The molecule has 1 spiro atoms. The molecule has 0 aromatic heterocycles. The molecule has 2 aliphatic heterocycles. The Balaban J connectivity index is 1.65. The predicted octanol–water partition coefficient (Wildman–Crippen LogP) is 3.08. The first-order chi connectivity index (χ1) is 10.1. The van der Waals surface area contributed by atoms with Crippen LogP contribution in [0.5, 0.6) is 0 Å². The highest BCUT2D eigenvalue weighted by Crippen LogP contribution is 2.39. The highest BCUT2D eigenvalue weighted by atomic mass is 35.5. The van der Waals surface area contributed by atoms with Gasteiger partial charge in [-0.2, -0.15) is 0 Å². The summed E-state index contributed by atoms with van der Waals surface area (Å²) in [7, 11) is 0. The van der Waals surface area contributed by atoms with Crippen molar-refractivity contribution in [3.8, 4) is 0 Å². The number of hydrogen-bond acceptors (Lipinski definition) is 2. The second-order valence-electron chi connectivity index (χ2n) is 6.17. The molecule has 114 valence electrons. The van der Waals surface area contributed by atoms with Gasteiger partial charge in [-0.15, -0.1) is 0 Å². The van der Waals surface area contributed by atoms with E-state index in [0.717, 1.165) is 39.0 Å². The minimum absolute atomic E-state index is 0.0545. The third-order valence-corrected chi connectivity index (χ3v) is 5.25. The third-order valence-electron chi connectivity index (χ3n) is 4.94. The first kappa shape index (κ1) is 14.8. The molecule has 2 saturated heterocycles. The van der Waals surface area contributed by atoms with Gasteiger partial charge in [-0.1, -0.05) is 11.6 Å². The van der Waals surface area contributed by atoms with E-state index in [1.807, 2.05) is 4.90 Å². The van der Waals surface area contributed by atoms with Gasteiger partial charge in [-0.3, -0.25) is 4.79 Å². The fourth-order valence-corrected chi connectivity index (χ4v) is 3.57. The summed E-state index contributed by atoms with van der Waals surface area (Å²) in [5.41, 5.74) is 0.797. The maximum atomic E-state index is 13.5. The van der Waals surface area contributed by atoms with Crippen LogP contribution in [0, 0.1) is 11.2 Å². The summed E-state index contributed by atoms with van der Waals surface area (Å²) in [6, 6.07) is 4.28. The minimum Gasteiger partial charge on any atom is -0.339 e. The number of nitrogens with zero attached hydrogens (tertiary/aromatic N) is 1. The molecular formula is C16H20ClFN2O. The second kappa shape index (κ2) is 5.93. The summed E-state index contributed by atoms with van der Waals surface area (Å²) in [5, 5.41) is 3.45. The van der Waals surface area contributed by atoms with Gasteiger partial charge in [0.2, 0.25) is 0 Å². The molecule has 2 fully saturated rings. The van der Waals surface area contributed by atoms with Gasteiger partial charge in [0.1, 0.15) is 5.82 Å². The molecule has 0 unspecified atom stereocenters. The number of carbonyl (C=O) groups excluding carboxylic acids is 1. The van der Waals surface area contributed by atoms with Crippen molar-refractivity contribution in [1.82, 2.24) is 10.2 Å². The normalized spacial score (nSPS) is 21.5. The fourth-order valence-electron chi connectivity index (χ4n) is 3.45. The van der Waals surface area contributed by atoms with E-state index >= 15 is 0 Å². The number of nitrogens with one attached hydrogen (secondary N) is 1. The molecule has 1 amide bonds. The Kier molecular flexibility index (Phi) is 4.18. The van der Waals surface area contributed by atoms with E-state index in [0.29, 0.717) is 11.0 Å². The summed E-state index contributed by atoms with van der Waals surface area (Å²) >= 11 is 5.66.